The molecule has 0 atom stereocenters. The second kappa shape index (κ2) is 5.06. The van der Waals surface area contributed by atoms with Crippen molar-refractivity contribution in [2.45, 2.75) is 6.54 Å². The average Bonchev–Trinajstić information content (AvgIpc) is 2.91. The normalized spacial score (nSPS) is 13.1. The molecule has 1 aliphatic rings. The Kier molecular flexibility index (Phi) is 3.10. The van der Waals surface area contributed by atoms with E-state index in [9.17, 15) is 4.79 Å². The van der Waals surface area contributed by atoms with Gasteiger partial charge in [0, 0.05) is 24.1 Å². The summed E-state index contributed by atoms with van der Waals surface area (Å²) in [6.07, 6.45) is 3.70. The fraction of sp³-hybridized carbons (Fsp3) is 0.214. The fourth-order valence-electron chi connectivity index (χ4n) is 1.96. The Bertz CT molecular complexity index is 578. The van der Waals surface area contributed by atoms with E-state index in [1.54, 1.807) is 18.2 Å². The Balaban J connectivity index is 1.67. The van der Waals surface area contributed by atoms with Crippen molar-refractivity contribution in [3.05, 3.63) is 42.7 Å². The molecule has 0 radical (unpaired) electrons. The smallest absolute Gasteiger partial charge is 0.244 e. The summed E-state index contributed by atoms with van der Waals surface area (Å²) >= 11 is 0. The number of hydrogen-bond acceptors (Lipinski definition) is 3. The van der Waals surface area contributed by atoms with Crippen LogP contribution in [0.1, 0.15) is 0 Å². The molecule has 1 N–H and O–H groups in total. The minimum absolute atomic E-state index is 0.0760. The van der Waals surface area contributed by atoms with E-state index in [2.05, 4.69) is 5.32 Å². The molecule has 0 spiro atoms. The number of nitrogens with zero attached hydrogens (tertiary/aromatic N) is 1. The molecular formula is C14H14N2O3. The fourth-order valence-corrected chi connectivity index (χ4v) is 1.96. The second-order valence-corrected chi connectivity index (χ2v) is 4.26. The summed E-state index contributed by atoms with van der Waals surface area (Å²) in [6, 6.07) is 9.16. The van der Waals surface area contributed by atoms with Crippen LogP contribution < -0.4 is 14.8 Å². The quantitative estimate of drug-likeness (QED) is 0.914. The number of benzene rings is 1. The summed E-state index contributed by atoms with van der Waals surface area (Å²) in [4.78, 5) is 11.8. The summed E-state index contributed by atoms with van der Waals surface area (Å²) in [6.45, 7) is 1.39. The van der Waals surface area contributed by atoms with E-state index in [0.717, 1.165) is 5.75 Å². The zero-order valence-corrected chi connectivity index (χ0v) is 10.3. The number of aromatic nitrogens is 1. The highest BCUT2D eigenvalue weighted by Gasteiger charge is 2.12. The van der Waals surface area contributed by atoms with Crippen molar-refractivity contribution in [3.63, 3.8) is 0 Å². The number of nitrogens with one attached hydrogen (secondary N) is 1. The Hall–Kier alpha value is -2.43. The number of anilines is 1. The van der Waals surface area contributed by atoms with Crippen molar-refractivity contribution in [2.75, 3.05) is 18.5 Å². The van der Waals surface area contributed by atoms with E-state index >= 15 is 0 Å². The first-order valence-electron chi connectivity index (χ1n) is 6.11. The average molecular weight is 258 g/mol. The molecule has 0 saturated heterocycles. The zero-order valence-electron chi connectivity index (χ0n) is 10.3. The van der Waals surface area contributed by atoms with Crippen molar-refractivity contribution >= 4 is 11.6 Å². The first-order valence-corrected chi connectivity index (χ1v) is 6.11. The molecule has 0 fully saturated rings. The summed E-state index contributed by atoms with van der Waals surface area (Å²) in [5, 5.41) is 2.83. The van der Waals surface area contributed by atoms with Crippen LogP contribution in [0.2, 0.25) is 0 Å². The molecule has 2 aromatic rings. The highest BCUT2D eigenvalue weighted by Crippen LogP contribution is 2.32. The van der Waals surface area contributed by atoms with Crippen molar-refractivity contribution in [1.82, 2.24) is 4.57 Å². The van der Waals surface area contributed by atoms with Gasteiger partial charge in [-0.15, -0.1) is 0 Å². The molecular weight excluding hydrogens is 244 g/mol. The number of fused-ring (bicyclic) bond motifs is 1. The molecule has 2 heterocycles. The lowest BCUT2D eigenvalue weighted by atomic mass is 10.2. The number of carbonyl (C=O) groups excluding carboxylic acids is 1. The summed E-state index contributed by atoms with van der Waals surface area (Å²) < 4.78 is 12.7. The minimum atomic E-state index is -0.0760. The standard InChI is InChI=1S/C14H14N2O3/c17-14(10-16-5-1-2-6-16)15-11-3-4-12-13(9-11)19-8-7-18-12/h1-6,9H,7-8,10H2,(H,15,17). The van der Waals surface area contributed by atoms with Gasteiger partial charge in [-0.3, -0.25) is 4.79 Å². The third-order valence-electron chi connectivity index (χ3n) is 2.82. The molecule has 19 heavy (non-hydrogen) atoms. The number of amides is 1. The van der Waals surface area contributed by atoms with Gasteiger partial charge in [0.25, 0.3) is 0 Å². The Morgan fingerprint density at radius 2 is 1.89 bits per heavy atom. The van der Waals surface area contributed by atoms with Crippen LogP contribution >= 0.6 is 0 Å². The van der Waals surface area contributed by atoms with E-state index in [4.69, 9.17) is 9.47 Å². The summed E-state index contributed by atoms with van der Waals surface area (Å²) in [7, 11) is 0. The lowest BCUT2D eigenvalue weighted by molar-refractivity contribution is -0.116. The molecule has 0 bridgehead atoms. The maximum absolute atomic E-state index is 11.8. The van der Waals surface area contributed by atoms with Crippen molar-refractivity contribution in [2.24, 2.45) is 0 Å². The second-order valence-electron chi connectivity index (χ2n) is 4.26. The SMILES string of the molecule is O=C(Cn1cccc1)Nc1ccc2c(c1)OCCO2. The van der Waals surface area contributed by atoms with Crippen LogP contribution in [0.5, 0.6) is 11.5 Å². The predicted molar refractivity (Wildman–Crippen MR) is 70.5 cm³/mol. The molecule has 1 amide bonds. The highest BCUT2D eigenvalue weighted by molar-refractivity contribution is 5.90. The van der Waals surface area contributed by atoms with Crippen LogP contribution in [-0.2, 0) is 11.3 Å². The largest absolute Gasteiger partial charge is 0.486 e. The van der Waals surface area contributed by atoms with Gasteiger partial charge >= 0.3 is 0 Å². The molecule has 0 aliphatic carbocycles. The molecule has 3 rings (SSSR count). The lowest BCUT2D eigenvalue weighted by Gasteiger charge is -2.19. The van der Waals surface area contributed by atoms with E-state index in [-0.39, 0.29) is 5.91 Å². The van der Waals surface area contributed by atoms with Gasteiger partial charge in [-0.1, -0.05) is 0 Å². The highest BCUT2D eigenvalue weighted by atomic mass is 16.6. The molecule has 5 heteroatoms. The number of rotatable bonds is 3. The summed E-state index contributed by atoms with van der Waals surface area (Å²) in [5.41, 5.74) is 0.710. The lowest BCUT2D eigenvalue weighted by Crippen LogP contribution is -2.19. The number of carbonyl (C=O) groups is 1. The van der Waals surface area contributed by atoms with Crippen molar-refractivity contribution in [1.29, 1.82) is 0 Å². The van der Waals surface area contributed by atoms with Gasteiger partial charge in [0.2, 0.25) is 5.91 Å². The topological polar surface area (TPSA) is 52.5 Å². The molecule has 1 aromatic heterocycles. The Morgan fingerprint density at radius 1 is 1.16 bits per heavy atom. The molecule has 1 aromatic carbocycles. The third kappa shape index (κ3) is 2.70. The van der Waals surface area contributed by atoms with Crippen molar-refractivity contribution in [3.8, 4) is 11.5 Å². The molecule has 1 aliphatic heterocycles. The maximum atomic E-state index is 11.8. The molecule has 98 valence electrons. The van der Waals surface area contributed by atoms with Crippen LogP contribution in [0.3, 0.4) is 0 Å². The maximum Gasteiger partial charge on any atom is 0.244 e. The van der Waals surface area contributed by atoms with Gasteiger partial charge in [-0.05, 0) is 24.3 Å². The summed E-state index contributed by atoms with van der Waals surface area (Å²) in [5.74, 6) is 1.31. The molecule has 5 nitrogen and oxygen atoms in total. The monoisotopic (exact) mass is 258 g/mol. The van der Waals surface area contributed by atoms with Crippen LogP contribution in [0.15, 0.2) is 42.7 Å². The van der Waals surface area contributed by atoms with Gasteiger partial charge in [-0.25, -0.2) is 0 Å². The minimum Gasteiger partial charge on any atom is -0.486 e. The van der Waals surface area contributed by atoms with Crippen LogP contribution in [-0.4, -0.2) is 23.7 Å². The molecule has 0 saturated carbocycles. The van der Waals surface area contributed by atoms with Crippen LogP contribution in [0.4, 0.5) is 5.69 Å². The number of ether oxygens (including phenoxy) is 2. The van der Waals surface area contributed by atoms with Gasteiger partial charge < -0.3 is 19.4 Å². The third-order valence-corrected chi connectivity index (χ3v) is 2.82. The van der Waals surface area contributed by atoms with Gasteiger partial charge in [0.05, 0.1) is 0 Å². The predicted octanol–water partition coefficient (Wildman–Crippen LogP) is 1.90. The van der Waals surface area contributed by atoms with Gasteiger partial charge in [0.15, 0.2) is 11.5 Å². The first-order chi connectivity index (χ1) is 9.31. The van der Waals surface area contributed by atoms with Gasteiger partial charge in [0.1, 0.15) is 19.8 Å². The van der Waals surface area contributed by atoms with E-state index < -0.39 is 0 Å². The zero-order chi connectivity index (χ0) is 13.1. The Morgan fingerprint density at radius 3 is 2.68 bits per heavy atom. The van der Waals surface area contributed by atoms with Crippen LogP contribution in [0, 0.1) is 0 Å². The van der Waals surface area contributed by atoms with E-state index in [1.165, 1.54) is 0 Å². The van der Waals surface area contributed by atoms with Gasteiger partial charge in [-0.2, -0.15) is 0 Å². The van der Waals surface area contributed by atoms with E-state index in [1.807, 2.05) is 29.1 Å². The Labute approximate surface area is 110 Å². The van der Waals surface area contributed by atoms with Crippen LogP contribution in [0.25, 0.3) is 0 Å². The van der Waals surface area contributed by atoms with Crippen molar-refractivity contribution < 1.29 is 14.3 Å². The molecule has 0 unspecified atom stereocenters. The van der Waals surface area contributed by atoms with E-state index in [0.29, 0.717) is 31.2 Å². The number of hydrogen-bond donors (Lipinski definition) is 1. The first kappa shape index (κ1) is 11.6.